The van der Waals surface area contributed by atoms with Crippen LogP contribution in [0.1, 0.15) is 32.8 Å². The van der Waals surface area contributed by atoms with Gasteiger partial charge in [0.15, 0.2) is 5.17 Å². The van der Waals surface area contributed by atoms with Crippen molar-refractivity contribution in [1.82, 2.24) is 4.90 Å². The summed E-state index contributed by atoms with van der Waals surface area (Å²) in [5.74, 6) is 1.57. The number of aliphatic imine (C=N–C) groups is 2. The van der Waals surface area contributed by atoms with Crippen LogP contribution < -0.4 is 10.1 Å². The third kappa shape index (κ3) is 4.70. The zero-order valence-electron chi connectivity index (χ0n) is 18.4. The molecule has 4 rings (SSSR count). The molecule has 2 aliphatic heterocycles. The second-order valence-corrected chi connectivity index (χ2v) is 8.94. The van der Waals surface area contributed by atoms with E-state index in [1.54, 1.807) is 0 Å². The van der Waals surface area contributed by atoms with E-state index < -0.39 is 6.04 Å². The van der Waals surface area contributed by atoms with Crippen LogP contribution in [0, 0.1) is 5.92 Å². The molecule has 0 aromatic heterocycles. The number of amidine groups is 2. The first-order chi connectivity index (χ1) is 15.5. The van der Waals surface area contributed by atoms with E-state index in [-0.39, 0.29) is 17.6 Å². The Labute approximate surface area is 192 Å². The summed E-state index contributed by atoms with van der Waals surface area (Å²) >= 11 is 1.32. The van der Waals surface area contributed by atoms with Crippen LogP contribution in [0.3, 0.4) is 0 Å². The number of carbonyl (C=O) groups is 2. The number of anilines is 1. The minimum Gasteiger partial charge on any atom is -0.494 e. The van der Waals surface area contributed by atoms with Gasteiger partial charge < -0.3 is 10.1 Å². The van der Waals surface area contributed by atoms with E-state index in [1.165, 1.54) is 11.8 Å². The number of thioether (sulfide) groups is 1. The van der Waals surface area contributed by atoms with Gasteiger partial charge in [-0.1, -0.05) is 37.7 Å². The molecule has 0 aliphatic carbocycles. The Morgan fingerprint density at radius 2 is 1.91 bits per heavy atom. The molecule has 0 saturated carbocycles. The largest absolute Gasteiger partial charge is 0.494 e. The molecule has 1 unspecified atom stereocenters. The number of hydrogen-bond donors (Lipinski definition) is 1. The smallest absolute Gasteiger partial charge is 0.270 e. The van der Waals surface area contributed by atoms with Crippen LogP contribution in [0.25, 0.3) is 0 Å². The summed E-state index contributed by atoms with van der Waals surface area (Å²) in [6, 6.07) is 14.5. The average molecular weight is 451 g/mol. The number of hydrogen-bond acceptors (Lipinski definition) is 6. The number of fused-ring (bicyclic) bond motifs is 3. The maximum absolute atomic E-state index is 12.7. The third-order valence-electron chi connectivity index (χ3n) is 5.08. The summed E-state index contributed by atoms with van der Waals surface area (Å²) in [6.45, 7) is 6.68. The Kier molecular flexibility index (Phi) is 6.60. The Morgan fingerprint density at radius 1 is 1.16 bits per heavy atom. The molecule has 166 valence electrons. The number of carbonyl (C=O) groups excluding carboxylic acids is 2. The SMILES string of the molecule is CCOc1ccc(NC(=O)CSC2=Nc3ccccc3C3=NC(=O)C(CC(C)C)N23)cc1. The van der Waals surface area contributed by atoms with Gasteiger partial charge in [0.25, 0.3) is 5.91 Å². The van der Waals surface area contributed by atoms with Crippen molar-refractivity contribution in [1.29, 1.82) is 0 Å². The van der Waals surface area contributed by atoms with E-state index in [4.69, 9.17) is 9.73 Å². The zero-order valence-corrected chi connectivity index (χ0v) is 19.2. The first-order valence-electron chi connectivity index (χ1n) is 10.7. The molecule has 0 spiro atoms. The summed E-state index contributed by atoms with van der Waals surface area (Å²) in [5.41, 5.74) is 2.30. The second-order valence-electron chi connectivity index (χ2n) is 7.99. The van der Waals surface area contributed by atoms with Gasteiger partial charge in [-0.05, 0) is 55.7 Å². The number of rotatable bonds is 7. The van der Waals surface area contributed by atoms with Crippen molar-refractivity contribution in [3.8, 4) is 5.75 Å². The van der Waals surface area contributed by atoms with Crippen molar-refractivity contribution < 1.29 is 14.3 Å². The van der Waals surface area contributed by atoms with E-state index >= 15 is 0 Å². The highest BCUT2D eigenvalue weighted by Gasteiger charge is 2.41. The highest BCUT2D eigenvalue weighted by atomic mass is 32.2. The Morgan fingerprint density at radius 3 is 2.62 bits per heavy atom. The lowest BCUT2D eigenvalue weighted by Gasteiger charge is -2.31. The van der Waals surface area contributed by atoms with Gasteiger partial charge in [0.2, 0.25) is 5.91 Å². The quantitative estimate of drug-likeness (QED) is 0.673. The van der Waals surface area contributed by atoms with Gasteiger partial charge in [-0.15, -0.1) is 0 Å². The lowest BCUT2D eigenvalue weighted by Crippen LogP contribution is -2.44. The third-order valence-corrected chi connectivity index (χ3v) is 6.04. The summed E-state index contributed by atoms with van der Waals surface area (Å²) in [6.07, 6.45) is 0.673. The molecule has 1 N–H and O–H groups in total. The molecule has 32 heavy (non-hydrogen) atoms. The number of amides is 2. The second kappa shape index (κ2) is 9.56. The van der Waals surface area contributed by atoms with E-state index in [1.807, 2.05) is 60.4 Å². The van der Waals surface area contributed by atoms with Gasteiger partial charge in [-0.2, -0.15) is 4.99 Å². The summed E-state index contributed by atoms with van der Waals surface area (Å²) in [5, 5.41) is 3.52. The number of nitrogens with one attached hydrogen (secondary N) is 1. The van der Waals surface area contributed by atoms with Crippen molar-refractivity contribution in [3.05, 3.63) is 54.1 Å². The van der Waals surface area contributed by atoms with Crippen LogP contribution in [-0.2, 0) is 9.59 Å². The van der Waals surface area contributed by atoms with Crippen molar-refractivity contribution in [3.63, 3.8) is 0 Å². The minimum absolute atomic E-state index is 0.148. The molecule has 0 radical (unpaired) electrons. The minimum atomic E-state index is -0.390. The molecule has 0 bridgehead atoms. The summed E-state index contributed by atoms with van der Waals surface area (Å²) in [7, 11) is 0. The fraction of sp³-hybridized carbons (Fsp3) is 0.333. The number of para-hydroxylation sites is 1. The standard InChI is InChI=1S/C24H26N4O3S/c1-4-31-17-11-9-16(10-12-17)25-21(29)14-32-24-26-19-8-6-5-7-18(19)22-27-23(30)20(28(22)24)13-15(2)3/h5-12,15,20H,4,13-14H2,1-3H3,(H,25,29). The van der Waals surface area contributed by atoms with Gasteiger partial charge in [-0.25, -0.2) is 4.99 Å². The first kappa shape index (κ1) is 22.1. The van der Waals surface area contributed by atoms with Gasteiger partial charge in [0.05, 0.1) is 18.0 Å². The van der Waals surface area contributed by atoms with E-state index in [0.717, 1.165) is 17.0 Å². The molecule has 2 aliphatic rings. The van der Waals surface area contributed by atoms with Crippen LogP contribution in [-0.4, -0.2) is 46.1 Å². The molecule has 2 aromatic rings. The highest BCUT2D eigenvalue weighted by Crippen LogP contribution is 2.35. The molecular formula is C24H26N4O3S. The van der Waals surface area contributed by atoms with Gasteiger partial charge >= 0.3 is 0 Å². The van der Waals surface area contributed by atoms with Gasteiger partial charge in [0.1, 0.15) is 17.6 Å². The lowest BCUT2D eigenvalue weighted by atomic mass is 10.0. The predicted molar refractivity (Wildman–Crippen MR) is 129 cm³/mol. The molecule has 7 nitrogen and oxygen atoms in total. The van der Waals surface area contributed by atoms with Crippen LogP contribution >= 0.6 is 11.8 Å². The van der Waals surface area contributed by atoms with E-state index in [0.29, 0.717) is 35.6 Å². The maximum atomic E-state index is 12.7. The monoisotopic (exact) mass is 450 g/mol. The molecule has 0 fully saturated rings. The molecule has 2 amide bonds. The van der Waals surface area contributed by atoms with Crippen LogP contribution in [0.2, 0.25) is 0 Å². The predicted octanol–water partition coefficient (Wildman–Crippen LogP) is 4.46. The molecule has 8 heteroatoms. The topological polar surface area (TPSA) is 83.4 Å². The van der Waals surface area contributed by atoms with E-state index in [9.17, 15) is 9.59 Å². The summed E-state index contributed by atoms with van der Waals surface area (Å²) < 4.78 is 5.43. The van der Waals surface area contributed by atoms with Crippen molar-refractivity contribution in [2.45, 2.75) is 33.2 Å². The molecule has 2 aromatic carbocycles. The number of ether oxygens (including phenoxy) is 1. The van der Waals surface area contributed by atoms with Crippen molar-refractivity contribution in [2.24, 2.45) is 15.9 Å². The Hall–Kier alpha value is -3.13. The fourth-order valence-electron chi connectivity index (χ4n) is 3.70. The molecule has 0 saturated heterocycles. The van der Waals surface area contributed by atoms with Crippen LogP contribution in [0.15, 0.2) is 58.5 Å². The Bertz CT molecular complexity index is 1080. The van der Waals surface area contributed by atoms with Crippen LogP contribution in [0.5, 0.6) is 5.75 Å². The van der Waals surface area contributed by atoms with Crippen LogP contribution in [0.4, 0.5) is 11.4 Å². The van der Waals surface area contributed by atoms with Gasteiger partial charge in [-0.3, -0.25) is 14.5 Å². The molecular weight excluding hydrogens is 424 g/mol. The molecule has 2 heterocycles. The number of nitrogens with zero attached hydrogens (tertiary/aromatic N) is 3. The average Bonchev–Trinajstić information content (AvgIpc) is 3.09. The normalized spacial score (nSPS) is 16.9. The summed E-state index contributed by atoms with van der Waals surface area (Å²) in [4.78, 5) is 36.3. The van der Waals surface area contributed by atoms with E-state index in [2.05, 4.69) is 24.2 Å². The highest BCUT2D eigenvalue weighted by molar-refractivity contribution is 8.14. The molecule has 1 atom stereocenters. The lowest BCUT2D eigenvalue weighted by molar-refractivity contribution is -0.120. The van der Waals surface area contributed by atoms with Gasteiger partial charge in [0, 0.05) is 11.3 Å². The first-order valence-corrected chi connectivity index (χ1v) is 11.7. The maximum Gasteiger partial charge on any atom is 0.270 e. The number of benzene rings is 2. The van der Waals surface area contributed by atoms with Crippen molar-refractivity contribution >= 4 is 46.0 Å². The fourth-order valence-corrected chi connectivity index (χ4v) is 4.55. The van der Waals surface area contributed by atoms with Crippen molar-refractivity contribution in [2.75, 3.05) is 17.7 Å². The Balaban J connectivity index is 1.50. The zero-order chi connectivity index (χ0) is 22.7.